The van der Waals surface area contributed by atoms with E-state index in [4.69, 9.17) is 21.1 Å². The van der Waals surface area contributed by atoms with Gasteiger partial charge in [0.1, 0.15) is 11.4 Å². The summed E-state index contributed by atoms with van der Waals surface area (Å²) in [4.78, 5) is 11.9. The molecule has 0 aliphatic carbocycles. The number of hydrogen-bond acceptors (Lipinski definition) is 3. The van der Waals surface area contributed by atoms with Gasteiger partial charge in [-0.3, -0.25) is 4.57 Å². The van der Waals surface area contributed by atoms with Crippen molar-refractivity contribution in [2.24, 2.45) is 0 Å². The standard InChI is InChI=1S/C14H16ClNO3/c1-14(2,3)19-13(17)16-7-9-5-11(15)12(18-4)6-10(9)8-16/h5-8H,1-4H3. The van der Waals surface area contributed by atoms with Crippen LogP contribution in [0.4, 0.5) is 4.79 Å². The van der Waals surface area contributed by atoms with Gasteiger partial charge >= 0.3 is 6.09 Å². The largest absolute Gasteiger partial charge is 0.495 e. The Labute approximate surface area is 116 Å². The van der Waals surface area contributed by atoms with Crippen molar-refractivity contribution in [1.29, 1.82) is 0 Å². The van der Waals surface area contributed by atoms with E-state index in [1.165, 1.54) is 4.57 Å². The number of rotatable bonds is 1. The van der Waals surface area contributed by atoms with Gasteiger partial charge in [0, 0.05) is 23.2 Å². The molecule has 0 fully saturated rings. The number of aromatic nitrogens is 1. The maximum atomic E-state index is 11.9. The number of nitrogens with zero attached hydrogens (tertiary/aromatic N) is 1. The van der Waals surface area contributed by atoms with Crippen molar-refractivity contribution in [3.63, 3.8) is 0 Å². The van der Waals surface area contributed by atoms with Crippen LogP contribution in [-0.2, 0) is 4.74 Å². The fourth-order valence-corrected chi connectivity index (χ4v) is 1.97. The minimum absolute atomic E-state index is 0.418. The molecule has 0 spiro atoms. The number of carbonyl (C=O) groups is 1. The van der Waals surface area contributed by atoms with E-state index in [-0.39, 0.29) is 0 Å². The zero-order chi connectivity index (χ0) is 14.2. The molecule has 0 aliphatic rings. The van der Waals surface area contributed by atoms with Crippen LogP contribution in [0.2, 0.25) is 5.02 Å². The molecule has 1 aromatic heterocycles. The van der Waals surface area contributed by atoms with Gasteiger partial charge < -0.3 is 9.47 Å². The molecule has 0 aliphatic heterocycles. The van der Waals surface area contributed by atoms with Gasteiger partial charge in [0.2, 0.25) is 0 Å². The Hall–Kier alpha value is -1.68. The maximum Gasteiger partial charge on any atom is 0.418 e. The SMILES string of the molecule is COc1cc2cn(C(=O)OC(C)(C)C)cc2cc1Cl. The maximum absolute atomic E-state index is 11.9. The van der Waals surface area contributed by atoms with Crippen molar-refractivity contribution in [1.82, 2.24) is 4.57 Å². The number of fused-ring (bicyclic) bond motifs is 1. The van der Waals surface area contributed by atoms with Crippen LogP contribution in [0.5, 0.6) is 5.75 Å². The number of halogens is 1. The molecular formula is C14H16ClNO3. The van der Waals surface area contributed by atoms with E-state index >= 15 is 0 Å². The molecule has 0 radical (unpaired) electrons. The van der Waals surface area contributed by atoms with Crippen LogP contribution >= 0.6 is 11.6 Å². The highest BCUT2D eigenvalue weighted by Crippen LogP contribution is 2.30. The van der Waals surface area contributed by atoms with Gasteiger partial charge in [0.15, 0.2) is 0 Å². The summed E-state index contributed by atoms with van der Waals surface area (Å²) in [5, 5.41) is 2.24. The smallest absolute Gasteiger partial charge is 0.418 e. The predicted octanol–water partition coefficient (Wildman–Crippen LogP) is 4.09. The van der Waals surface area contributed by atoms with Crippen molar-refractivity contribution >= 4 is 28.5 Å². The average Bonchev–Trinajstić information content (AvgIpc) is 2.68. The topological polar surface area (TPSA) is 40.5 Å². The molecule has 1 heterocycles. The average molecular weight is 282 g/mol. The normalized spacial score (nSPS) is 11.6. The Balaban J connectivity index is 2.39. The van der Waals surface area contributed by atoms with Gasteiger partial charge in [0.25, 0.3) is 0 Å². The summed E-state index contributed by atoms with van der Waals surface area (Å²) in [5.41, 5.74) is -0.525. The molecule has 1 aromatic carbocycles. The lowest BCUT2D eigenvalue weighted by Gasteiger charge is -2.19. The van der Waals surface area contributed by atoms with E-state index in [0.717, 1.165) is 10.8 Å². The molecule has 0 N–H and O–H groups in total. The highest BCUT2D eigenvalue weighted by atomic mass is 35.5. The quantitative estimate of drug-likeness (QED) is 0.790. The minimum atomic E-state index is -0.525. The Bertz CT molecular complexity index is 625. The summed E-state index contributed by atoms with van der Waals surface area (Å²) in [7, 11) is 1.55. The van der Waals surface area contributed by atoms with Crippen molar-refractivity contribution in [2.75, 3.05) is 7.11 Å². The van der Waals surface area contributed by atoms with E-state index in [9.17, 15) is 4.79 Å². The Morgan fingerprint density at radius 3 is 2.32 bits per heavy atom. The van der Waals surface area contributed by atoms with Gasteiger partial charge in [-0.15, -0.1) is 0 Å². The fourth-order valence-electron chi connectivity index (χ4n) is 1.72. The third kappa shape index (κ3) is 3.01. The third-order valence-electron chi connectivity index (χ3n) is 2.52. The number of hydrogen-bond donors (Lipinski definition) is 0. The molecule has 19 heavy (non-hydrogen) atoms. The molecule has 0 unspecified atom stereocenters. The molecule has 0 bridgehead atoms. The van der Waals surface area contributed by atoms with Crippen LogP contribution in [0.25, 0.3) is 10.8 Å². The summed E-state index contributed by atoms with van der Waals surface area (Å²) in [6, 6.07) is 3.55. The minimum Gasteiger partial charge on any atom is -0.495 e. The van der Waals surface area contributed by atoms with Crippen LogP contribution in [0.3, 0.4) is 0 Å². The summed E-state index contributed by atoms with van der Waals surface area (Å²) in [6.45, 7) is 5.48. The van der Waals surface area contributed by atoms with Crippen molar-refractivity contribution in [3.05, 3.63) is 29.5 Å². The lowest BCUT2D eigenvalue weighted by molar-refractivity contribution is 0.0538. The fraction of sp³-hybridized carbons (Fsp3) is 0.357. The number of carbonyl (C=O) groups excluding carboxylic acids is 1. The molecule has 0 saturated carbocycles. The van der Waals surface area contributed by atoms with E-state index in [0.29, 0.717) is 10.8 Å². The van der Waals surface area contributed by atoms with Gasteiger partial charge in [-0.25, -0.2) is 4.79 Å². The lowest BCUT2D eigenvalue weighted by Crippen LogP contribution is -2.26. The first-order valence-electron chi connectivity index (χ1n) is 5.89. The highest BCUT2D eigenvalue weighted by Gasteiger charge is 2.18. The molecule has 4 nitrogen and oxygen atoms in total. The molecule has 0 saturated heterocycles. The first-order chi connectivity index (χ1) is 8.80. The monoisotopic (exact) mass is 281 g/mol. The van der Waals surface area contributed by atoms with Gasteiger partial charge in [0.05, 0.1) is 12.1 Å². The molecule has 5 heteroatoms. The van der Waals surface area contributed by atoms with E-state index in [1.54, 1.807) is 31.6 Å². The second-order valence-corrected chi connectivity index (χ2v) is 5.67. The van der Waals surface area contributed by atoms with Crippen molar-refractivity contribution < 1.29 is 14.3 Å². The van der Waals surface area contributed by atoms with Crippen LogP contribution in [0.15, 0.2) is 24.5 Å². The Morgan fingerprint density at radius 1 is 1.21 bits per heavy atom. The molecule has 2 rings (SSSR count). The third-order valence-corrected chi connectivity index (χ3v) is 2.81. The summed E-state index contributed by atoms with van der Waals surface area (Å²) >= 11 is 6.05. The number of methoxy groups -OCH3 is 1. The Morgan fingerprint density at radius 2 is 1.79 bits per heavy atom. The van der Waals surface area contributed by atoms with E-state index < -0.39 is 11.7 Å². The second kappa shape index (κ2) is 4.78. The molecule has 0 atom stereocenters. The molecule has 2 aromatic rings. The number of benzene rings is 1. The van der Waals surface area contributed by atoms with Gasteiger partial charge in [-0.2, -0.15) is 0 Å². The Kier molecular flexibility index (Phi) is 3.45. The summed E-state index contributed by atoms with van der Waals surface area (Å²) < 4.78 is 11.9. The van der Waals surface area contributed by atoms with Gasteiger partial charge in [-0.05, 0) is 32.9 Å². The second-order valence-electron chi connectivity index (χ2n) is 5.26. The summed E-state index contributed by atoms with van der Waals surface area (Å²) in [5.74, 6) is 0.580. The molecule has 102 valence electrons. The van der Waals surface area contributed by atoms with E-state index in [2.05, 4.69) is 0 Å². The zero-order valence-electron chi connectivity index (χ0n) is 11.4. The molecular weight excluding hydrogens is 266 g/mol. The summed E-state index contributed by atoms with van der Waals surface area (Å²) in [6.07, 6.45) is 2.97. The highest BCUT2D eigenvalue weighted by molar-refractivity contribution is 6.32. The van der Waals surface area contributed by atoms with Gasteiger partial charge in [-0.1, -0.05) is 11.6 Å². The van der Waals surface area contributed by atoms with Crippen LogP contribution in [-0.4, -0.2) is 23.4 Å². The number of ether oxygens (including phenoxy) is 2. The van der Waals surface area contributed by atoms with Crippen LogP contribution < -0.4 is 4.74 Å². The predicted molar refractivity (Wildman–Crippen MR) is 75.1 cm³/mol. The lowest BCUT2D eigenvalue weighted by atomic mass is 10.2. The van der Waals surface area contributed by atoms with Crippen LogP contribution in [0, 0.1) is 0 Å². The first kappa shape index (κ1) is 13.7. The first-order valence-corrected chi connectivity index (χ1v) is 6.26. The van der Waals surface area contributed by atoms with Crippen molar-refractivity contribution in [3.8, 4) is 5.75 Å². The van der Waals surface area contributed by atoms with E-state index in [1.807, 2.05) is 20.8 Å². The van der Waals surface area contributed by atoms with Crippen LogP contribution in [0.1, 0.15) is 20.8 Å². The van der Waals surface area contributed by atoms with Crippen molar-refractivity contribution in [2.45, 2.75) is 26.4 Å². The molecule has 0 amide bonds. The zero-order valence-corrected chi connectivity index (χ0v) is 12.1.